The predicted molar refractivity (Wildman–Crippen MR) is 100 cm³/mol. The second-order valence-corrected chi connectivity index (χ2v) is 6.00. The van der Waals surface area contributed by atoms with Crippen molar-refractivity contribution in [3.05, 3.63) is 59.7 Å². The van der Waals surface area contributed by atoms with Crippen molar-refractivity contribution in [1.29, 1.82) is 5.26 Å². The Morgan fingerprint density at radius 1 is 1.19 bits per heavy atom. The van der Waals surface area contributed by atoms with Crippen LogP contribution in [-0.4, -0.2) is 25.7 Å². The molecule has 0 aliphatic rings. The van der Waals surface area contributed by atoms with Crippen LogP contribution in [0, 0.1) is 11.3 Å². The van der Waals surface area contributed by atoms with Crippen molar-refractivity contribution in [3.63, 3.8) is 0 Å². The molecular weight excluding hydrogens is 328 g/mol. The van der Waals surface area contributed by atoms with Gasteiger partial charge in [0.1, 0.15) is 0 Å². The molecule has 0 aromatic heterocycles. The van der Waals surface area contributed by atoms with E-state index in [4.69, 9.17) is 14.7 Å². The van der Waals surface area contributed by atoms with Crippen LogP contribution in [0.4, 0.5) is 0 Å². The largest absolute Gasteiger partial charge is 0.493 e. The molecule has 0 spiro atoms. The van der Waals surface area contributed by atoms with Gasteiger partial charge in [0, 0.05) is 18.5 Å². The van der Waals surface area contributed by atoms with Gasteiger partial charge in [0.2, 0.25) is 0 Å². The van der Waals surface area contributed by atoms with E-state index in [1.807, 2.05) is 24.3 Å². The minimum absolute atomic E-state index is 0.189. The molecule has 1 amide bonds. The third kappa shape index (κ3) is 5.00. The number of carbonyl (C=O) groups is 1. The molecule has 0 saturated carbocycles. The smallest absolute Gasteiger partial charge is 0.260 e. The van der Waals surface area contributed by atoms with Gasteiger partial charge in [0.25, 0.3) is 5.91 Å². The lowest BCUT2D eigenvalue weighted by atomic mass is 9.96. The van der Waals surface area contributed by atoms with E-state index in [1.54, 1.807) is 25.1 Å². The van der Waals surface area contributed by atoms with Crippen molar-refractivity contribution >= 4 is 5.91 Å². The van der Waals surface area contributed by atoms with Gasteiger partial charge < -0.3 is 14.8 Å². The normalized spacial score (nSPS) is 12.5. The van der Waals surface area contributed by atoms with Crippen molar-refractivity contribution in [1.82, 2.24) is 5.32 Å². The standard InChI is InChI=1S/C21H24N2O3/c1-4-17(18-8-6-5-7-9-18)14-23-21(24)15(2)26-19-11-10-16(13-22)12-20(19)25-3/h5-12,15,17H,4,14H2,1-3H3,(H,23,24)/t15-,17-/m0/s1. The monoisotopic (exact) mass is 352 g/mol. The van der Waals surface area contributed by atoms with Gasteiger partial charge in [-0.25, -0.2) is 0 Å². The molecule has 2 atom stereocenters. The highest BCUT2D eigenvalue weighted by Gasteiger charge is 2.18. The number of nitrogens with zero attached hydrogens (tertiary/aromatic N) is 1. The van der Waals surface area contributed by atoms with E-state index in [0.717, 1.165) is 6.42 Å². The second kappa shape index (κ2) is 9.47. The third-order valence-electron chi connectivity index (χ3n) is 4.25. The number of nitriles is 1. The van der Waals surface area contributed by atoms with Crippen molar-refractivity contribution in [3.8, 4) is 17.6 Å². The van der Waals surface area contributed by atoms with Crippen molar-refractivity contribution < 1.29 is 14.3 Å². The molecular formula is C21H24N2O3. The number of methoxy groups -OCH3 is 1. The van der Waals surface area contributed by atoms with Crippen LogP contribution in [0.25, 0.3) is 0 Å². The Morgan fingerprint density at radius 3 is 2.54 bits per heavy atom. The Labute approximate surface area is 154 Å². The molecule has 0 heterocycles. The van der Waals surface area contributed by atoms with Crippen LogP contribution in [0.1, 0.15) is 37.3 Å². The van der Waals surface area contributed by atoms with Gasteiger partial charge in [0.15, 0.2) is 17.6 Å². The summed E-state index contributed by atoms with van der Waals surface area (Å²) in [6.45, 7) is 4.35. The van der Waals surface area contributed by atoms with Crippen LogP contribution in [0.3, 0.4) is 0 Å². The van der Waals surface area contributed by atoms with Crippen LogP contribution in [-0.2, 0) is 4.79 Å². The van der Waals surface area contributed by atoms with E-state index in [2.05, 4.69) is 24.4 Å². The molecule has 0 radical (unpaired) electrons. The zero-order valence-corrected chi connectivity index (χ0v) is 15.4. The summed E-state index contributed by atoms with van der Waals surface area (Å²) in [5.41, 5.74) is 1.68. The van der Waals surface area contributed by atoms with Crippen molar-refractivity contribution in [2.45, 2.75) is 32.3 Å². The van der Waals surface area contributed by atoms with E-state index in [9.17, 15) is 4.79 Å². The minimum Gasteiger partial charge on any atom is -0.493 e. The van der Waals surface area contributed by atoms with E-state index in [1.165, 1.54) is 12.7 Å². The van der Waals surface area contributed by atoms with Crippen LogP contribution in [0.15, 0.2) is 48.5 Å². The molecule has 0 bridgehead atoms. The van der Waals surface area contributed by atoms with E-state index < -0.39 is 6.10 Å². The van der Waals surface area contributed by atoms with Crippen molar-refractivity contribution in [2.75, 3.05) is 13.7 Å². The number of nitrogens with one attached hydrogen (secondary N) is 1. The molecule has 136 valence electrons. The lowest BCUT2D eigenvalue weighted by Crippen LogP contribution is -2.38. The summed E-state index contributed by atoms with van der Waals surface area (Å²) in [4.78, 5) is 12.4. The molecule has 26 heavy (non-hydrogen) atoms. The molecule has 0 saturated heterocycles. The molecule has 2 rings (SSSR count). The Hall–Kier alpha value is -3.00. The van der Waals surface area contributed by atoms with Crippen LogP contribution < -0.4 is 14.8 Å². The maximum Gasteiger partial charge on any atom is 0.260 e. The Morgan fingerprint density at radius 2 is 1.92 bits per heavy atom. The fourth-order valence-electron chi connectivity index (χ4n) is 2.67. The Bertz CT molecular complexity index is 769. The number of carbonyl (C=O) groups excluding carboxylic acids is 1. The Kier molecular flexibility index (Phi) is 7.04. The summed E-state index contributed by atoms with van der Waals surface area (Å²) in [5, 5.41) is 11.9. The maximum absolute atomic E-state index is 12.4. The highest BCUT2D eigenvalue weighted by Crippen LogP contribution is 2.28. The average molecular weight is 352 g/mol. The number of rotatable bonds is 8. The molecule has 1 N–H and O–H groups in total. The number of amides is 1. The predicted octanol–water partition coefficient (Wildman–Crippen LogP) is 3.64. The zero-order chi connectivity index (χ0) is 18.9. The first-order chi connectivity index (χ1) is 12.6. The minimum atomic E-state index is -0.676. The van der Waals surface area contributed by atoms with Gasteiger partial charge in [-0.05, 0) is 31.0 Å². The first kappa shape index (κ1) is 19.3. The number of hydrogen-bond donors (Lipinski definition) is 1. The summed E-state index contributed by atoms with van der Waals surface area (Å²) >= 11 is 0. The Balaban J connectivity index is 1.96. The fraction of sp³-hybridized carbons (Fsp3) is 0.333. The van der Waals surface area contributed by atoms with Gasteiger partial charge in [-0.2, -0.15) is 5.26 Å². The highest BCUT2D eigenvalue weighted by molar-refractivity contribution is 5.80. The molecule has 0 unspecified atom stereocenters. The van der Waals surface area contributed by atoms with E-state index in [-0.39, 0.29) is 11.8 Å². The second-order valence-electron chi connectivity index (χ2n) is 6.00. The molecule has 0 aliphatic carbocycles. The molecule has 0 fully saturated rings. The first-order valence-electron chi connectivity index (χ1n) is 8.66. The molecule has 2 aromatic rings. The first-order valence-corrected chi connectivity index (χ1v) is 8.66. The van der Waals surface area contributed by atoms with Gasteiger partial charge >= 0.3 is 0 Å². The quantitative estimate of drug-likeness (QED) is 0.787. The van der Waals surface area contributed by atoms with Crippen LogP contribution in [0.2, 0.25) is 0 Å². The van der Waals surface area contributed by atoms with Gasteiger partial charge in [-0.3, -0.25) is 4.79 Å². The summed E-state index contributed by atoms with van der Waals surface area (Å²) in [6, 6.07) is 17.0. The highest BCUT2D eigenvalue weighted by atomic mass is 16.5. The van der Waals surface area contributed by atoms with Crippen molar-refractivity contribution in [2.24, 2.45) is 0 Å². The number of ether oxygens (including phenoxy) is 2. The fourth-order valence-corrected chi connectivity index (χ4v) is 2.67. The van der Waals surface area contributed by atoms with Gasteiger partial charge in [-0.15, -0.1) is 0 Å². The topological polar surface area (TPSA) is 71.3 Å². The van der Waals surface area contributed by atoms with E-state index in [0.29, 0.717) is 23.6 Å². The summed E-state index contributed by atoms with van der Waals surface area (Å²) in [5.74, 6) is 0.936. The lowest BCUT2D eigenvalue weighted by Gasteiger charge is -2.20. The van der Waals surface area contributed by atoms with Crippen LogP contribution >= 0.6 is 0 Å². The number of benzene rings is 2. The molecule has 5 nitrogen and oxygen atoms in total. The third-order valence-corrected chi connectivity index (χ3v) is 4.25. The summed E-state index contributed by atoms with van der Waals surface area (Å²) in [6.07, 6.45) is 0.258. The SMILES string of the molecule is CC[C@@H](CNC(=O)[C@H](C)Oc1ccc(C#N)cc1OC)c1ccccc1. The summed E-state index contributed by atoms with van der Waals surface area (Å²) in [7, 11) is 1.50. The lowest BCUT2D eigenvalue weighted by molar-refractivity contribution is -0.127. The molecule has 2 aromatic carbocycles. The van der Waals surface area contributed by atoms with Gasteiger partial charge in [-0.1, -0.05) is 37.3 Å². The number of hydrogen-bond acceptors (Lipinski definition) is 4. The summed E-state index contributed by atoms with van der Waals surface area (Å²) < 4.78 is 11.0. The van der Waals surface area contributed by atoms with Gasteiger partial charge in [0.05, 0.1) is 18.7 Å². The molecule has 5 heteroatoms. The molecule has 0 aliphatic heterocycles. The van der Waals surface area contributed by atoms with Crippen LogP contribution in [0.5, 0.6) is 11.5 Å². The average Bonchev–Trinajstić information content (AvgIpc) is 2.69. The van der Waals surface area contributed by atoms with E-state index >= 15 is 0 Å². The maximum atomic E-state index is 12.4. The zero-order valence-electron chi connectivity index (χ0n) is 15.4.